The van der Waals surface area contributed by atoms with Crippen LogP contribution in [0.15, 0.2) is 30.3 Å². The van der Waals surface area contributed by atoms with Gasteiger partial charge in [0.1, 0.15) is 0 Å². The molecule has 2 aliphatic heterocycles. The standard InChI is InChI=1S/C18H25N3O4S/c19-18(23)16-7-4-9-20(16)12-17(22)21(11-14-5-2-1-3-6-14)15-8-10-26(24,25)13-15/h1-3,5-6,15-16H,4,7-13H2,(H2,19,23)/t15-,16+/m0/s1. The van der Waals surface area contributed by atoms with Crippen LogP contribution in [-0.2, 0) is 26.0 Å². The maximum absolute atomic E-state index is 13.0. The van der Waals surface area contributed by atoms with Gasteiger partial charge in [-0.1, -0.05) is 30.3 Å². The summed E-state index contributed by atoms with van der Waals surface area (Å²) in [5.41, 5.74) is 6.39. The minimum absolute atomic E-state index is 0.00478. The lowest BCUT2D eigenvalue weighted by Crippen LogP contribution is -2.49. The van der Waals surface area contributed by atoms with E-state index in [0.29, 0.717) is 25.9 Å². The van der Waals surface area contributed by atoms with Crippen molar-refractivity contribution in [2.24, 2.45) is 5.73 Å². The Bertz CT molecular complexity index is 766. The molecule has 0 aromatic heterocycles. The third-order valence-electron chi connectivity index (χ3n) is 5.20. The fraction of sp³-hybridized carbons (Fsp3) is 0.556. The normalized spacial score (nSPS) is 25.2. The molecular weight excluding hydrogens is 354 g/mol. The molecule has 1 aromatic carbocycles. The third-order valence-corrected chi connectivity index (χ3v) is 6.95. The van der Waals surface area contributed by atoms with E-state index in [1.54, 1.807) is 4.90 Å². The lowest BCUT2D eigenvalue weighted by Gasteiger charge is -2.31. The average molecular weight is 379 g/mol. The number of nitrogens with zero attached hydrogens (tertiary/aromatic N) is 2. The Labute approximate surface area is 154 Å². The summed E-state index contributed by atoms with van der Waals surface area (Å²) < 4.78 is 23.8. The van der Waals surface area contributed by atoms with Gasteiger partial charge in [-0.25, -0.2) is 8.42 Å². The van der Waals surface area contributed by atoms with E-state index in [4.69, 9.17) is 5.73 Å². The number of hydrogen-bond donors (Lipinski definition) is 1. The van der Waals surface area contributed by atoms with Crippen molar-refractivity contribution in [1.82, 2.24) is 9.80 Å². The monoisotopic (exact) mass is 379 g/mol. The van der Waals surface area contributed by atoms with Crippen LogP contribution in [0.1, 0.15) is 24.8 Å². The number of carbonyl (C=O) groups excluding carboxylic acids is 2. The summed E-state index contributed by atoms with van der Waals surface area (Å²) in [6.07, 6.45) is 1.96. The molecule has 0 spiro atoms. The Morgan fingerprint density at radius 1 is 1.19 bits per heavy atom. The van der Waals surface area contributed by atoms with Gasteiger partial charge < -0.3 is 10.6 Å². The predicted molar refractivity (Wildman–Crippen MR) is 97.8 cm³/mol. The number of amides is 2. The second-order valence-electron chi connectivity index (χ2n) is 7.09. The van der Waals surface area contributed by atoms with Crippen LogP contribution in [0, 0.1) is 0 Å². The molecule has 7 nitrogen and oxygen atoms in total. The maximum Gasteiger partial charge on any atom is 0.237 e. The second-order valence-corrected chi connectivity index (χ2v) is 9.32. The molecule has 26 heavy (non-hydrogen) atoms. The molecule has 0 saturated carbocycles. The summed E-state index contributed by atoms with van der Waals surface area (Å²) in [4.78, 5) is 28.1. The molecule has 2 atom stereocenters. The summed E-state index contributed by atoms with van der Waals surface area (Å²) in [7, 11) is -3.10. The molecular formula is C18H25N3O4S. The molecule has 142 valence electrons. The predicted octanol–water partition coefficient (Wildman–Crippen LogP) is 0.152. The van der Waals surface area contributed by atoms with Crippen molar-refractivity contribution in [3.63, 3.8) is 0 Å². The zero-order chi connectivity index (χ0) is 18.7. The van der Waals surface area contributed by atoms with Crippen LogP contribution in [0.5, 0.6) is 0 Å². The molecule has 3 rings (SSSR count). The summed E-state index contributed by atoms with van der Waals surface area (Å²) in [5, 5.41) is 0. The Balaban J connectivity index is 1.76. The molecule has 0 unspecified atom stereocenters. The van der Waals surface area contributed by atoms with Gasteiger partial charge in [0.05, 0.1) is 24.1 Å². The van der Waals surface area contributed by atoms with Crippen LogP contribution < -0.4 is 5.73 Å². The Kier molecular flexibility index (Phi) is 5.62. The average Bonchev–Trinajstić information content (AvgIpc) is 3.19. The number of sulfone groups is 1. The first-order valence-electron chi connectivity index (χ1n) is 8.93. The number of rotatable bonds is 6. The molecule has 2 aliphatic rings. The SMILES string of the molecule is NC(=O)[C@H]1CCCN1CC(=O)N(Cc1ccccc1)[C@H]1CCS(=O)(=O)C1. The van der Waals surface area contributed by atoms with E-state index >= 15 is 0 Å². The molecule has 0 bridgehead atoms. The molecule has 0 radical (unpaired) electrons. The van der Waals surface area contributed by atoms with Crippen LogP contribution in [0.3, 0.4) is 0 Å². The van der Waals surface area contributed by atoms with Gasteiger partial charge in [-0.3, -0.25) is 14.5 Å². The van der Waals surface area contributed by atoms with E-state index in [9.17, 15) is 18.0 Å². The fourth-order valence-corrected chi connectivity index (χ4v) is 5.56. The zero-order valence-electron chi connectivity index (χ0n) is 14.7. The van der Waals surface area contributed by atoms with E-state index in [-0.39, 0.29) is 30.0 Å². The summed E-state index contributed by atoms with van der Waals surface area (Å²) in [6.45, 7) is 1.12. The van der Waals surface area contributed by atoms with Crippen molar-refractivity contribution in [3.05, 3.63) is 35.9 Å². The molecule has 2 fully saturated rings. The lowest BCUT2D eigenvalue weighted by molar-refractivity contribution is -0.136. The van der Waals surface area contributed by atoms with Gasteiger partial charge in [0, 0.05) is 12.6 Å². The fourth-order valence-electron chi connectivity index (χ4n) is 3.82. The molecule has 8 heteroatoms. The number of hydrogen-bond acceptors (Lipinski definition) is 5. The largest absolute Gasteiger partial charge is 0.368 e. The molecule has 2 N–H and O–H groups in total. The smallest absolute Gasteiger partial charge is 0.237 e. The van der Waals surface area contributed by atoms with Crippen molar-refractivity contribution in [3.8, 4) is 0 Å². The minimum atomic E-state index is -3.10. The number of primary amides is 1. The lowest BCUT2D eigenvalue weighted by atomic mass is 10.1. The van der Waals surface area contributed by atoms with Gasteiger partial charge in [-0.15, -0.1) is 0 Å². The highest BCUT2D eigenvalue weighted by molar-refractivity contribution is 7.91. The van der Waals surface area contributed by atoms with E-state index < -0.39 is 21.8 Å². The van der Waals surface area contributed by atoms with Crippen molar-refractivity contribution in [2.75, 3.05) is 24.6 Å². The van der Waals surface area contributed by atoms with Crippen LogP contribution >= 0.6 is 0 Å². The molecule has 2 heterocycles. The quantitative estimate of drug-likeness (QED) is 0.758. The summed E-state index contributed by atoms with van der Waals surface area (Å²) in [5.74, 6) is -0.438. The minimum Gasteiger partial charge on any atom is -0.368 e. The van der Waals surface area contributed by atoms with E-state index in [0.717, 1.165) is 12.0 Å². The highest BCUT2D eigenvalue weighted by Gasteiger charge is 2.37. The summed E-state index contributed by atoms with van der Waals surface area (Å²) >= 11 is 0. The van der Waals surface area contributed by atoms with Crippen molar-refractivity contribution in [2.45, 2.75) is 37.9 Å². The number of benzene rings is 1. The second kappa shape index (κ2) is 7.75. The first-order chi connectivity index (χ1) is 12.4. The number of likely N-dealkylation sites (tertiary alicyclic amines) is 1. The van der Waals surface area contributed by atoms with Gasteiger partial charge in [-0.05, 0) is 31.4 Å². The van der Waals surface area contributed by atoms with Crippen molar-refractivity contribution in [1.29, 1.82) is 0 Å². The van der Waals surface area contributed by atoms with Crippen LogP contribution in [-0.4, -0.2) is 66.7 Å². The molecule has 1 aromatic rings. The third kappa shape index (κ3) is 4.42. The van der Waals surface area contributed by atoms with E-state index in [1.807, 2.05) is 35.2 Å². The zero-order valence-corrected chi connectivity index (χ0v) is 15.5. The van der Waals surface area contributed by atoms with Crippen LogP contribution in [0.2, 0.25) is 0 Å². The number of nitrogens with two attached hydrogens (primary N) is 1. The Morgan fingerprint density at radius 2 is 1.92 bits per heavy atom. The van der Waals surface area contributed by atoms with Gasteiger partial charge in [0.15, 0.2) is 9.84 Å². The first kappa shape index (κ1) is 18.8. The topological polar surface area (TPSA) is 101 Å². The van der Waals surface area contributed by atoms with E-state index in [2.05, 4.69) is 0 Å². The Morgan fingerprint density at radius 3 is 2.54 bits per heavy atom. The molecule has 2 saturated heterocycles. The number of carbonyl (C=O) groups is 2. The highest BCUT2D eigenvalue weighted by Crippen LogP contribution is 2.22. The first-order valence-corrected chi connectivity index (χ1v) is 10.7. The summed E-state index contributed by atoms with van der Waals surface area (Å²) in [6, 6.07) is 8.81. The van der Waals surface area contributed by atoms with E-state index in [1.165, 1.54) is 0 Å². The maximum atomic E-state index is 13.0. The van der Waals surface area contributed by atoms with Gasteiger partial charge in [0.25, 0.3) is 0 Å². The van der Waals surface area contributed by atoms with Crippen molar-refractivity contribution < 1.29 is 18.0 Å². The van der Waals surface area contributed by atoms with Crippen LogP contribution in [0.25, 0.3) is 0 Å². The molecule has 2 amide bonds. The van der Waals surface area contributed by atoms with Crippen molar-refractivity contribution >= 4 is 21.7 Å². The van der Waals surface area contributed by atoms with Crippen LogP contribution in [0.4, 0.5) is 0 Å². The van der Waals surface area contributed by atoms with Gasteiger partial charge >= 0.3 is 0 Å². The Hall–Kier alpha value is -1.93. The van der Waals surface area contributed by atoms with Gasteiger partial charge in [0.2, 0.25) is 11.8 Å². The molecule has 0 aliphatic carbocycles. The highest BCUT2D eigenvalue weighted by atomic mass is 32.2. The van der Waals surface area contributed by atoms with Gasteiger partial charge in [-0.2, -0.15) is 0 Å².